The van der Waals surface area contributed by atoms with Gasteiger partial charge < -0.3 is 10.1 Å². The number of ether oxygens (including phenoxy) is 1. The fraction of sp³-hybridized carbons (Fsp3) is 0.318. The van der Waals surface area contributed by atoms with Crippen molar-refractivity contribution >= 4 is 5.91 Å². The third-order valence-corrected chi connectivity index (χ3v) is 4.10. The monoisotopic (exact) mass is 337 g/mol. The number of hydrogen-bond acceptors (Lipinski definition) is 2. The Kier molecular flexibility index (Phi) is 6.40. The van der Waals surface area contributed by atoms with E-state index in [2.05, 4.69) is 50.9 Å². The number of rotatable bonds is 7. The largest absolute Gasteiger partial charge is 0.489 e. The molecule has 0 aliphatic heterocycles. The van der Waals surface area contributed by atoms with Crippen LogP contribution in [-0.4, -0.2) is 12.5 Å². The van der Waals surface area contributed by atoms with Gasteiger partial charge in [0, 0.05) is 5.56 Å². The maximum Gasteiger partial charge on any atom is 0.251 e. The lowest BCUT2D eigenvalue weighted by atomic mass is 9.97. The summed E-state index contributed by atoms with van der Waals surface area (Å²) in [6.07, 6.45) is 0.835. The fourth-order valence-corrected chi connectivity index (χ4v) is 2.79. The average molecular weight is 337 g/mol. The molecule has 1 atom stereocenters. The lowest BCUT2D eigenvalue weighted by molar-refractivity contribution is 0.0935. The molecule has 1 amide bonds. The van der Waals surface area contributed by atoms with Crippen LogP contribution in [0.2, 0.25) is 0 Å². The van der Waals surface area contributed by atoms with E-state index < -0.39 is 0 Å². The molecule has 0 spiro atoms. The first-order chi connectivity index (χ1) is 11.9. The lowest BCUT2D eigenvalue weighted by Gasteiger charge is -2.20. The highest BCUT2D eigenvalue weighted by Gasteiger charge is 2.16. The van der Waals surface area contributed by atoms with Crippen LogP contribution >= 0.6 is 0 Å². The van der Waals surface area contributed by atoms with Crippen LogP contribution in [0.4, 0.5) is 0 Å². The summed E-state index contributed by atoms with van der Waals surface area (Å²) in [7, 11) is 0. The molecule has 0 saturated carbocycles. The van der Waals surface area contributed by atoms with E-state index in [1.807, 2.05) is 19.1 Å². The van der Waals surface area contributed by atoms with Gasteiger partial charge in [-0.25, -0.2) is 0 Å². The van der Waals surface area contributed by atoms with Crippen molar-refractivity contribution in [3.8, 4) is 5.75 Å². The van der Waals surface area contributed by atoms with Crippen LogP contribution in [0.5, 0.6) is 5.75 Å². The van der Waals surface area contributed by atoms with Crippen molar-refractivity contribution in [2.75, 3.05) is 6.61 Å². The van der Waals surface area contributed by atoms with Gasteiger partial charge in [-0.15, -0.1) is 0 Å². The first-order valence-corrected chi connectivity index (χ1v) is 8.66. The van der Waals surface area contributed by atoms with Crippen LogP contribution in [0.25, 0.3) is 0 Å². The Bertz CT molecular complexity index is 764. The van der Waals surface area contributed by atoms with Crippen molar-refractivity contribution in [3.63, 3.8) is 0 Å². The molecule has 0 radical (unpaired) electrons. The molecule has 0 aliphatic carbocycles. The van der Waals surface area contributed by atoms with E-state index in [1.54, 1.807) is 12.1 Å². The molecule has 0 bridgehead atoms. The number of aryl methyl sites for hydroxylation is 2. The zero-order valence-electron chi connectivity index (χ0n) is 15.6. The molecular formula is C22H27NO2. The molecule has 0 unspecified atom stereocenters. The average Bonchev–Trinajstić information content (AvgIpc) is 2.58. The SMILES string of the molecule is C=C(C)COc1cccc(C(=O)N[C@@H](CC)c2ccc(C)cc2C)c1. The van der Waals surface area contributed by atoms with E-state index >= 15 is 0 Å². The van der Waals surface area contributed by atoms with Gasteiger partial charge in [-0.3, -0.25) is 4.79 Å². The van der Waals surface area contributed by atoms with E-state index in [9.17, 15) is 4.79 Å². The summed E-state index contributed by atoms with van der Waals surface area (Å²) in [4.78, 5) is 12.7. The van der Waals surface area contributed by atoms with Gasteiger partial charge in [0.25, 0.3) is 5.91 Å². The zero-order valence-corrected chi connectivity index (χ0v) is 15.6. The van der Waals surface area contributed by atoms with Gasteiger partial charge in [-0.05, 0) is 62.1 Å². The van der Waals surface area contributed by atoms with Crippen molar-refractivity contribution in [2.45, 2.75) is 40.2 Å². The molecule has 25 heavy (non-hydrogen) atoms. The number of carbonyl (C=O) groups excluding carboxylic acids is 1. The Balaban J connectivity index is 2.14. The quantitative estimate of drug-likeness (QED) is 0.711. The number of carbonyl (C=O) groups is 1. The first kappa shape index (κ1) is 18.8. The molecule has 0 saturated heterocycles. The van der Waals surface area contributed by atoms with E-state index in [0.29, 0.717) is 17.9 Å². The predicted octanol–water partition coefficient (Wildman–Crippen LogP) is 5.14. The van der Waals surface area contributed by atoms with Crippen LogP contribution < -0.4 is 10.1 Å². The van der Waals surface area contributed by atoms with Gasteiger partial charge in [0.1, 0.15) is 12.4 Å². The van der Waals surface area contributed by atoms with Gasteiger partial charge in [-0.2, -0.15) is 0 Å². The number of benzene rings is 2. The summed E-state index contributed by atoms with van der Waals surface area (Å²) in [6, 6.07) is 13.6. The Morgan fingerprint density at radius 1 is 1.20 bits per heavy atom. The molecular weight excluding hydrogens is 310 g/mol. The van der Waals surface area contributed by atoms with E-state index in [-0.39, 0.29) is 11.9 Å². The topological polar surface area (TPSA) is 38.3 Å². The van der Waals surface area contributed by atoms with Crippen LogP contribution in [0.3, 0.4) is 0 Å². The standard InChI is InChI=1S/C22H27NO2/c1-6-21(20-11-10-16(4)12-17(20)5)23-22(24)18-8-7-9-19(13-18)25-14-15(2)3/h7-13,21H,2,6,14H2,1,3-5H3,(H,23,24)/t21-/m0/s1. The Labute approximate surface area is 150 Å². The van der Waals surface area contributed by atoms with E-state index in [1.165, 1.54) is 11.1 Å². The van der Waals surface area contributed by atoms with Gasteiger partial charge in [0.05, 0.1) is 6.04 Å². The summed E-state index contributed by atoms with van der Waals surface area (Å²) in [5.41, 5.74) is 5.13. The highest BCUT2D eigenvalue weighted by atomic mass is 16.5. The number of nitrogens with one attached hydrogen (secondary N) is 1. The maximum absolute atomic E-state index is 12.7. The number of amides is 1. The minimum atomic E-state index is -0.0902. The van der Waals surface area contributed by atoms with Crippen LogP contribution in [0.1, 0.15) is 53.4 Å². The smallest absolute Gasteiger partial charge is 0.251 e. The lowest BCUT2D eigenvalue weighted by Crippen LogP contribution is -2.28. The summed E-state index contributed by atoms with van der Waals surface area (Å²) in [5.74, 6) is 0.586. The Morgan fingerprint density at radius 3 is 2.60 bits per heavy atom. The second kappa shape index (κ2) is 8.52. The predicted molar refractivity (Wildman–Crippen MR) is 103 cm³/mol. The number of hydrogen-bond donors (Lipinski definition) is 1. The summed E-state index contributed by atoms with van der Waals surface area (Å²) >= 11 is 0. The van der Waals surface area contributed by atoms with E-state index in [0.717, 1.165) is 17.6 Å². The minimum Gasteiger partial charge on any atom is -0.489 e. The minimum absolute atomic E-state index is 0.00639. The second-order valence-electron chi connectivity index (χ2n) is 6.57. The molecule has 1 N–H and O–H groups in total. The van der Waals surface area contributed by atoms with Crippen molar-refractivity contribution in [1.29, 1.82) is 0 Å². The van der Waals surface area contributed by atoms with Crippen LogP contribution in [-0.2, 0) is 0 Å². The molecule has 2 rings (SSSR count). The van der Waals surface area contributed by atoms with Gasteiger partial charge in [0.2, 0.25) is 0 Å². The van der Waals surface area contributed by atoms with Crippen LogP contribution in [0.15, 0.2) is 54.6 Å². The Morgan fingerprint density at radius 2 is 1.96 bits per heavy atom. The highest BCUT2D eigenvalue weighted by molar-refractivity contribution is 5.94. The van der Waals surface area contributed by atoms with Crippen molar-refractivity contribution in [2.24, 2.45) is 0 Å². The molecule has 3 heteroatoms. The third-order valence-electron chi connectivity index (χ3n) is 4.10. The van der Waals surface area contributed by atoms with Crippen molar-refractivity contribution < 1.29 is 9.53 Å². The molecule has 2 aromatic carbocycles. The molecule has 0 heterocycles. The van der Waals surface area contributed by atoms with Crippen LogP contribution in [0, 0.1) is 13.8 Å². The summed E-state index contributed by atoms with van der Waals surface area (Å²) < 4.78 is 5.63. The fourth-order valence-electron chi connectivity index (χ4n) is 2.79. The highest BCUT2D eigenvalue weighted by Crippen LogP contribution is 2.23. The Hall–Kier alpha value is -2.55. The molecule has 132 valence electrons. The van der Waals surface area contributed by atoms with Gasteiger partial charge in [-0.1, -0.05) is 43.3 Å². The third kappa shape index (κ3) is 5.21. The van der Waals surface area contributed by atoms with Gasteiger partial charge >= 0.3 is 0 Å². The second-order valence-corrected chi connectivity index (χ2v) is 6.57. The maximum atomic E-state index is 12.7. The van der Waals surface area contributed by atoms with E-state index in [4.69, 9.17) is 4.74 Å². The molecule has 3 nitrogen and oxygen atoms in total. The van der Waals surface area contributed by atoms with Crippen molar-refractivity contribution in [1.82, 2.24) is 5.32 Å². The van der Waals surface area contributed by atoms with Crippen molar-refractivity contribution in [3.05, 3.63) is 76.9 Å². The molecule has 0 aromatic heterocycles. The molecule has 0 fully saturated rings. The summed E-state index contributed by atoms with van der Waals surface area (Å²) in [5, 5.41) is 3.14. The summed E-state index contributed by atoms with van der Waals surface area (Å²) in [6.45, 7) is 12.4. The first-order valence-electron chi connectivity index (χ1n) is 8.66. The zero-order chi connectivity index (χ0) is 18.4. The molecule has 0 aliphatic rings. The van der Waals surface area contributed by atoms with Gasteiger partial charge in [0.15, 0.2) is 0 Å². The normalized spacial score (nSPS) is 11.7. The molecule has 2 aromatic rings.